The number of nitrogens with zero attached hydrogens (tertiary/aromatic N) is 2. The number of benzene rings is 1. The fraction of sp³-hybridized carbons (Fsp3) is 0.500. The first kappa shape index (κ1) is 22.7. The molecule has 1 aliphatic carbocycles. The van der Waals surface area contributed by atoms with E-state index in [2.05, 4.69) is 10.5 Å². The number of hydrogen-bond donors (Lipinski definition) is 1. The van der Waals surface area contributed by atoms with Gasteiger partial charge in [0.2, 0.25) is 15.9 Å². The van der Waals surface area contributed by atoms with Crippen LogP contribution in [0.3, 0.4) is 0 Å². The van der Waals surface area contributed by atoms with Gasteiger partial charge in [-0.2, -0.15) is 4.31 Å². The average Bonchev–Trinajstić information content (AvgIpc) is 3.20. The summed E-state index contributed by atoms with van der Waals surface area (Å²) in [5.74, 6) is -0.146. The lowest BCUT2D eigenvalue weighted by molar-refractivity contribution is -0.127. The van der Waals surface area contributed by atoms with Crippen molar-refractivity contribution in [1.29, 1.82) is 0 Å². The summed E-state index contributed by atoms with van der Waals surface area (Å²) in [7, 11) is -3.84. The summed E-state index contributed by atoms with van der Waals surface area (Å²) in [5, 5.41) is 7.06. The number of carbonyl (C=O) groups excluding carboxylic acids is 1. The van der Waals surface area contributed by atoms with Gasteiger partial charge >= 0.3 is 0 Å². The summed E-state index contributed by atoms with van der Waals surface area (Å²) >= 11 is 0. The molecule has 1 amide bonds. The number of hydrogen-bond acceptors (Lipinski definition) is 5. The second kappa shape index (κ2) is 10.0. The van der Waals surface area contributed by atoms with Gasteiger partial charge in [-0.3, -0.25) is 4.79 Å². The Balaban J connectivity index is 1.50. The molecular weight excluding hydrogens is 426 g/mol. The Labute approximate surface area is 189 Å². The van der Waals surface area contributed by atoms with E-state index in [9.17, 15) is 13.2 Å². The van der Waals surface area contributed by atoms with Crippen molar-refractivity contribution in [1.82, 2.24) is 14.8 Å². The summed E-state index contributed by atoms with van der Waals surface area (Å²) in [6.07, 6.45) is 10.3. The molecule has 7 nitrogen and oxygen atoms in total. The maximum absolute atomic E-state index is 13.5. The second-order valence-corrected chi connectivity index (χ2v) is 10.6. The Hall–Kier alpha value is -2.45. The quantitative estimate of drug-likeness (QED) is 0.708. The Morgan fingerprint density at radius 3 is 2.59 bits per heavy atom. The second-order valence-electron chi connectivity index (χ2n) is 8.75. The highest BCUT2D eigenvalue weighted by Gasteiger charge is 2.37. The van der Waals surface area contributed by atoms with Crippen molar-refractivity contribution in [3.05, 3.63) is 47.3 Å². The highest BCUT2D eigenvalue weighted by Crippen LogP contribution is 2.29. The fourth-order valence-corrected chi connectivity index (χ4v) is 6.38. The monoisotopic (exact) mass is 457 g/mol. The number of rotatable bonds is 6. The van der Waals surface area contributed by atoms with Gasteiger partial charge in [-0.25, -0.2) is 8.42 Å². The lowest BCUT2D eigenvalue weighted by Gasteiger charge is -2.32. The smallest absolute Gasteiger partial charge is 0.248 e. The van der Waals surface area contributed by atoms with Gasteiger partial charge in [0.05, 0.1) is 5.92 Å². The average molecular weight is 458 g/mol. The van der Waals surface area contributed by atoms with Crippen molar-refractivity contribution in [2.24, 2.45) is 5.92 Å². The van der Waals surface area contributed by atoms with Crippen molar-refractivity contribution in [3.63, 3.8) is 0 Å². The van der Waals surface area contributed by atoms with Crippen LogP contribution >= 0.6 is 0 Å². The van der Waals surface area contributed by atoms with E-state index < -0.39 is 10.0 Å². The number of sulfonamides is 1. The van der Waals surface area contributed by atoms with Crippen LogP contribution in [0.1, 0.15) is 62.0 Å². The van der Waals surface area contributed by atoms with E-state index in [0.717, 1.165) is 31.2 Å². The van der Waals surface area contributed by atoms with Gasteiger partial charge in [-0.1, -0.05) is 60.8 Å². The number of piperidine rings is 1. The zero-order valence-electron chi connectivity index (χ0n) is 18.5. The maximum Gasteiger partial charge on any atom is 0.248 e. The molecule has 32 heavy (non-hydrogen) atoms. The molecule has 1 saturated carbocycles. The first-order valence-corrected chi connectivity index (χ1v) is 12.9. The molecule has 0 radical (unpaired) electrons. The summed E-state index contributed by atoms with van der Waals surface area (Å²) in [4.78, 5) is 12.9. The minimum atomic E-state index is -3.84. The van der Waals surface area contributed by atoms with Crippen molar-refractivity contribution in [2.45, 2.75) is 62.8 Å². The Morgan fingerprint density at radius 2 is 1.84 bits per heavy atom. The minimum absolute atomic E-state index is 0.0250. The predicted molar refractivity (Wildman–Crippen MR) is 123 cm³/mol. The first-order chi connectivity index (χ1) is 15.4. The van der Waals surface area contributed by atoms with Gasteiger partial charge in [0, 0.05) is 19.1 Å². The van der Waals surface area contributed by atoms with Crippen LogP contribution in [-0.4, -0.2) is 42.9 Å². The summed E-state index contributed by atoms with van der Waals surface area (Å²) < 4.78 is 33.8. The maximum atomic E-state index is 13.5. The molecule has 4 rings (SSSR count). The van der Waals surface area contributed by atoms with Crippen molar-refractivity contribution < 1.29 is 17.7 Å². The number of carbonyl (C=O) groups is 1. The van der Waals surface area contributed by atoms with E-state index in [1.165, 1.54) is 10.7 Å². The van der Waals surface area contributed by atoms with Gasteiger partial charge in [-0.05, 0) is 44.2 Å². The van der Waals surface area contributed by atoms with Gasteiger partial charge in [0.1, 0.15) is 5.69 Å². The summed E-state index contributed by atoms with van der Waals surface area (Å²) in [6, 6.07) is 9.81. The van der Waals surface area contributed by atoms with E-state index in [1.54, 1.807) is 19.1 Å². The van der Waals surface area contributed by atoms with Crippen molar-refractivity contribution in [3.8, 4) is 0 Å². The van der Waals surface area contributed by atoms with E-state index in [0.29, 0.717) is 25.1 Å². The lowest BCUT2D eigenvalue weighted by atomic mass is 9.93. The standard InChI is InChI=1S/C24H31N3O4S/c1-18-23(22(31-26-18)15-14-19-9-4-2-5-10-19)32(29,30)27-16-8-11-20(17-27)24(28)25-21-12-6-3-7-13-21/h2,4-5,9-10,14-15,20-21H,3,6-8,11-13,16-17H2,1H3,(H,25,28)/b15-14+/t20-/m1/s1. The minimum Gasteiger partial charge on any atom is -0.355 e. The summed E-state index contributed by atoms with van der Waals surface area (Å²) in [5.41, 5.74) is 1.26. The Kier molecular flexibility index (Phi) is 7.10. The summed E-state index contributed by atoms with van der Waals surface area (Å²) in [6.45, 7) is 2.21. The fourth-order valence-electron chi connectivity index (χ4n) is 4.60. The molecule has 1 aromatic carbocycles. The number of nitrogens with one attached hydrogen (secondary N) is 1. The highest BCUT2D eigenvalue weighted by atomic mass is 32.2. The molecule has 0 bridgehead atoms. The lowest BCUT2D eigenvalue weighted by Crippen LogP contribution is -2.48. The van der Waals surface area contributed by atoms with Crippen LogP contribution in [0.5, 0.6) is 0 Å². The molecule has 8 heteroatoms. The third-order valence-corrected chi connectivity index (χ3v) is 8.39. The van der Waals surface area contributed by atoms with Crippen molar-refractivity contribution >= 4 is 28.1 Å². The zero-order valence-corrected chi connectivity index (χ0v) is 19.3. The van der Waals surface area contributed by atoms with Gasteiger partial charge in [0.25, 0.3) is 0 Å². The van der Waals surface area contributed by atoms with Crippen molar-refractivity contribution in [2.75, 3.05) is 13.1 Å². The van der Waals surface area contributed by atoms with Crippen LogP contribution < -0.4 is 5.32 Å². The molecule has 1 N–H and O–H groups in total. The van der Waals surface area contributed by atoms with Crippen LogP contribution in [-0.2, 0) is 14.8 Å². The molecule has 0 spiro atoms. The van der Waals surface area contributed by atoms with Crippen LogP contribution in [0.25, 0.3) is 12.2 Å². The van der Waals surface area contributed by atoms with Crippen LogP contribution in [0.2, 0.25) is 0 Å². The van der Waals surface area contributed by atoms with E-state index in [1.807, 2.05) is 30.3 Å². The van der Waals surface area contributed by atoms with Crippen LogP contribution in [0.4, 0.5) is 0 Å². The van der Waals surface area contributed by atoms with Crippen LogP contribution in [0, 0.1) is 12.8 Å². The molecule has 2 aliphatic rings. The van der Waals surface area contributed by atoms with E-state index in [4.69, 9.17) is 4.52 Å². The number of amides is 1. The number of aryl methyl sites for hydroxylation is 1. The first-order valence-electron chi connectivity index (χ1n) is 11.4. The Bertz CT molecular complexity index is 1060. The topological polar surface area (TPSA) is 92.5 Å². The predicted octanol–water partition coefficient (Wildman–Crippen LogP) is 4.00. The molecular formula is C24H31N3O4S. The SMILES string of the molecule is Cc1noc(/C=C/c2ccccc2)c1S(=O)(=O)N1CCC[C@@H](C(=O)NC2CCCCC2)C1. The zero-order chi connectivity index (χ0) is 22.6. The van der Waals surface area contributed by atoms with Gasteiger partial charge in [-0.15, -0.1) is 0 Å². The molecule has 2 fully saturated rings. The van der Waals surface area contributed by atoms with E-state index >= 15 is 0 Å². The molecule has 2 aromatic rings. The van der Waals surface area contributed by atoms with Gasteiger partial charge in [0.15, 0.2) is 10.7 Å². The molecule has 1 aliphatic heterocycles. The largest absolute Gasteiger partial charge is 0.355 e. The van der Waals surface area contributed by atoms with Gasteiger partial charge < -0.3 is 9.84 Å². The Morgan fingerprint density at radius 1 is 1.09 bits per heavy atom. The molecule has 1 saturated heterocycles. The van der Waals surface area contributed by atoms with E-state index in [-0.39, 0.29) is 35.1 Å². The van der Waals surface area contributed by atoms with Crippen LogP contribution in [0.15, 0.2) is 39.8 Å². The molecule has 2 heterocycles. The third kappa shape index (κ3) is 5.13. The highest BCUT2D eigenvalue weighted by molar-refractivity contribution is 7.89. The third-order valence-electron chi connectivity index (χ3n) is 6.36. The number of aromatic nitrogens is 1. The normalized spacial score (nSPS) is 21.1. The molecule has 1 atom stereocenters. The molecule has 1 aromatic heterocycles. The molecule has 0 unspecified atom stereocenters. The molecule has 172 valence electrons.